The predicted octanol–water partition coefficient (Wildman–Crippen LogP) is 3.49. The summed E-state index contributed by atoms with van der Waals surface area (Å²) in [6.45, 7) is 3.48. The third-order valence-electron chi connectivity index (χ3n) is 4.67. The average molecular weight is 316 g/mol. The maximum Gasteiger partial charge on any atom is 0.277 e. The van der Waals surface area contributed by atoms with Crippen LogP contribution < -0.4 is 4.90 Å². The first-order valence-corrected chi connectivity index (χ1v) is 8.07. The van der Waals surface area contributed by atoms with Gasteiger partial charge in [0, 0.05) is 24.0 Å². The number of aryl methyl sites for hydroxylation is 1. The second kappa shape index (κ2) is 4.71. The number of amides is 1. The van der Waals surface area contributed by atoms with E-state index < -0.39 is 0 Å². The van der Waals surface area contributed by atoms with Gasteiger partial charge in [0.05, 0.1) is 11.0 Å². The zero-order valence-electron chi connectivity index (χ0n) is 13.3. The van der Waals surface area contributed by atoms with Crippen LogP contribution >= 0.6 is 0 Å². The van der Waals surface area contributed by atoms with Gasteiger partial charge in [-0.15, -0.1) is 0 Å². The molecular formula is C19H16N4O. The molecule has 5 nitrogen and oxygen atoms in total. The van der Waals surface area contributed by atoms with Crippen molar-refractivity contribution in [1.82, 2.24) is 14.5 Å². The number of carbonyl (C=O) groups excluding carboxylic acids is 1. The second-order valence-corrected chi connectivity index (χ2v) is 6.28. The van der Waals surface area contributed by atoms with E-state index in [1.807, 2.05) is 42.5 Å². The third kappa shape index (κ3) is 1.81. The molecule has 5 heteroatoms. The molecule has 4 aromatic rings. The molecule has 24 heavy (non-hydrogen) atoms. The number of nitrogens with one attached hydrogen (secondary N) is 1. The molecule has 0 saturated carbocycles. The molecule has 0 unspecified atom stereocenters. The number of nitrogens with zero attached hydrogens (tertiary/aromatic N) is 3. The molecule has 3 heterocycles. The van der Waals surface area contributed by atoms with Gasteiger partial charge in [-0.25, -0.2) is 4.98 Å². The number of carbonyl (C=O) groups is 1. The van der Waals surface area contributed by atoms with Crippen molar-refractivity contribution in [2.24, 2.45) is 0 Å². The first-order chi connectivity index (χ1) is 11.7. The van der Waals surface area contributed by atoms with Crippen molar-refractivity contribution < 1.29 is 4.79 Å². The van der Waals surface area contributed by atoms with Crippen LogP contribution in [0.5, 0.6) is 0 Å². The van der Waals surface area contributed by atoms with Crippen molar-refractivity contribution >= 4 is 33.8 Å². The van der Waals surface area contributed by atoms with Gasteiger partial charge in [0.15, 0.2) is 0 Å². The Morgan fingerprint density at radius 1 is 1.12 bits per heavy atom. The Bertz CT molecular complexity index is 1110. The molecular weight excluding hydrogens is 300 g/mol. The summed E-state index contributed by atoms with van der Waals surface area (Å²) < 4.78 is 2.11. The second-order valence-electron chi connectivity index (χ2n) is 6.28. The number of anilines is 1. The van der Waals surface area contributed by atoms with Gasteiger partial charge < -0.3 is 9.55 Å². The van der Waals surface area contributed by atoms with Crippen LogP contribution in [0.4, 0.5) is 5.95 Å². The number of rotatable bonds is 1. The number of hydrogen-bond donors (Lipinski definition) is 1. The van der Waals surface area contributed by atoms with Gasteiger partial charge in [-0.1, -0.05) is 23.8 Å². The topological polar surface area (TPSA) is 53.9 Å². The Morgan fingerprint density at radius 2 is 2.00 bits per heavy atom. The van der Waals surface area contributed by atoms with E-state index in [-0.39, 0.29) is 5.91 Å². The van der Waals surface area contributed by atoms with E-state index in [1.165, 1.54) is 5.56 Å². The summed E-state index contributed by atoms with van der Waals surface area (Å²) in [7, 11) is 0. The fourth-order valence-electron chi connectivity index (χ4n) is 3.49. The number of H-pyrrole nitrogens is 1. The Hall–Kier alpha value is -3.08. The molecule has 0 radical (unpaired) electrons. The smallest absolute Gasteiger partial charge is 0.277 e. The molecule has 0 spiro atoms. The summed E-state index contributed by atoms with van der Waals surface area (Å²) in [5.41, 5.74) is 4.78. The Labute approximate surface area is 138 Å². The highest BCUT2D eigenvalue weighted by molar-refractivity contribution is 6.07. The van der Waals surface area contributed by atoms with Crippen LogP contribution in [0.2, 0.25) is 0 Å². The predicted molar refractivity (Wildman–Crippen MR) is 94.4 cm³/mol. The molecule has 2 aromatic heterocycles. The Kier molecular flexibility index (Phi) is 2.62. The summed E-state index contributed by atoms with van der Waals surface area (Å²) >= 11 is 0. The molecule has 2 aromatic carbocycles. The maximum atomic E-state index is 13.0. The first-order valence-electron chi connectivity index (χ1n) is 8.07. The fraction of sp³-hybridized carbons (Fsp3) is 0.158. The van der Waals surface area contributed by atoms with Crippen LogP contribution in [-0.2, 0) is 6.54 Å². The van der Waals surface area contributed by atoms with Gasteiger partial charge in [0.1, 0.15) is 5.69 Å². The summed E-state index contributed by atoms with van der Waals surface area (Å²) in [4.78, 5) is 22.6. The maximum absolute atomic E-state index is 13.0. The number of imidazole rings is 1. The fourth-order valence-corrected chi connectivity index (χ4v) is 3.49. The molecule has 0 fully saturated rings. The van der Waals surface area contributed by atoms with Crippen LogP contribution in [0.15, 0.2) is 48.5 Å². The minimum Gasteiger partial charge on any atom is -0.351 e. The molecule has 1 aliphatic heterocycles. The number of hydrogen-bond acceptors (Lipinski definition) is 2. The van der Waals surface area contributed by atoms with Crippen molar-refractivity contribution in [3.05, 3.63) is 59.8 Å². The number of aromatic amines is 1. The van der Waals surface area contributed by atoms with Gasteiger partial charge in [-0.2, -0.15) is 0 Å². The van der Waals surface area contributed by atoms with Gasteiger partial charge in [0.2, 0.25) is 5.95 Å². The zero-order chi connectivity index (χ0) is 16.3. The summed E-state index contributed by atoms with van der Waals surface area (Å²) in [6, 6.07) is 16.1. The molecule has 1 amide bonds. The lowest BCUT2D eigenvalue weighted by atomic mass is 10.2. The summed E-state index contributed by atoms with van der Waals surface area (Å²) in [6.07, 6.45) is 0. The quantitative estimate of drug-likeness (QED) is 0.584. The minimum atomic E-state index is -0.0297. The van der Waals surface area contributed by atoms with E-state index >= 15 is 0 Å². The van der Waals surface area contributed by atoms with E-state index in [1.54, 1.807) is 4.90 Å². The lowest BCUT2D eigenvalue weighted by molar-refractivity contribution is 0.0985. The van der Waals surface area contributed by atoms with Gasteiger partial charge >= 0.3 is 0 Å². The lowest BCUT2D eigenvalue weighted by Crippen LogP contribution is -2.29. The highest BCUT2D eigenvalue weighted by Crippen LogP contribution is 2.28. The van der Waals surface area contributed by atoms with E-state index in [0.29, 0.717) is 12.2 Å². The van der Waals surface area contributed by atoms with Gasteiger partial charge in [-0.3, -0.25) is 9.69 Å². The standard InChI is InChI=1S/C19H16N4O/c1-12-6-7-14-13(10-12)11-16(20-14)18(24)23-9-8-22-17-5-3-2-4-15(17)21-19(22)23/h2-7,10-11,20H,8-9H2,1H3. The molecule has 1 aliphatic rings. The monoisotopic (exact) mass is 316 g/mol. The van der Waals surface area contributed by atoms with Crippen LogP contribution in [0.1, 0.15) is 16.1 Å². The van der Waals surface area contributed by atoms with E-state index in [2.05, 4.69) is 27.5 Å². The van der Waals surface area contributed by atoms with E-state index in [9.17, 15) is 4.79 Å². The lowest BCUT2D eigenvalue weighted by Gasteiger charge is -2.12. The number of para-hydroxylation sites is 2. The van der Waals surface area contributed by atoms with Gasteiger partial charge in [-0.05, 0) is 37.3 Å². The average Bonchev–Trinajstić information content (AvgIpc) is 3.26. The molecule has 0 aliphatic carbocycles. The number of aromatic nitrogens is 3. The Morgan fingerprint density at radius 3 is 2.92 bits per heavy atom. The number of benzene rings is 2. The molecule has 118 valence electrons. The number of fused-ring (bicyclic) bond motifs is 4. The Balaban J connectivity index is 1.58. The molecule has 0 atom stereocenters. The van der Waals surface area contributed by atoms with Crippen LogP contribution in [0.25, 0.3) is 21.9 Å². The normalized spacial score (nSPS) is 13.8. The highest BCUT2D eigenvalue weighted by Gasteiger charge is 2.29. The molecule has 1 N–H and O–H groups in total. The van der Waals surface area contributed by atoms with Crippen molar-refractivity contribution in [3.63, 3.8) is 0 Å². The molecule has 0 saturated heterocycles. The highest BCUT2D eigenvalue weighted by atomic mass is 16.2. The summed E-state index contributed by atoms with van der Waals surface area (Å²) in [5, 5.41) is 1.06. The molecule has 5 rings (SSSR count). The third-order valence-corrected chi connectivity index (χ3v) is 4.67. The van der Waals surface area contributed by atoms with Crippen LogP contribution in [0, 0.1) is 6.92 Å². The van der Waals surface area contributed by atoms with E-state index in [0.717, 1.165) is 34.4 Å². The first kappa shape index (κ1) is 13.4. The zero-order valence-corrected chi connectivity index (χ0v) is 13.3. The van der Waals surface area contributed by atoms with Crippen LogP contribution in [0.3, 0.4) is 0 Å². The van der Waals surface area contributed by atoms with E-state index in [4.69, 9.17) is 0 Å². The van der Waals surface area contributed by atoms with Crippen molar-refractivity contribution in [2.45, 2.75) is 13.5 Å². The van der Waals surface area contributed by atoms with Crippen molar-refractivity contribution in [3.8, 4) is 0 Å². The summed E-state index contributed by atoms with van der Waals surface area (Å²) in [5.74, 6) is 0.703. The van der Waals surface area contributed by atoms with Crippen LogP contribution in [-0.4, -0.2) is 27.0 Å². The largest absolute Gasteiger partial charge is 0.351 e. The SMILES string of the molecule is Cc1ccc2[nH]c(C(=O)N3CCn4c3nc3ccccc34)cc2c1. The van der Waals surface area contributed by atoms with Crippen molar-refractivity contribution in [2.75, 3.05) is 11.4 Å². The van der Waals surface area contributed by atoms with Gasteiger partial charge in [0.25, 0.3) is 5.91 Å². The van der Waals surface area contributed by atoms with Crippen molar-refractivity contribution in [1.29, 1.82) is 0 Å². The molecule has 0 bridgehead atoms. The minimum absolute atomic E-state index is 0.0297.